The van der Waals surface area contributed by atoms with Crippen LogP contribution in [0.15, 0.2) is 78.3 Å². The lowest BCUT2D eigenvalue weighted by atomic mass is 9.95. The molecule has 2 N–H and O–H groups in total. The number of carbonyl (C=O) groups excluding carboxylic acids is 1. The average Bonchev–Trinajstić information content (AvgIpc) is 3.40. The highest BCUT2D eigenvalue weighted by molar-refractivity contribution is 6.35. The van der Waals surface area contributed by atoms with Gasteiger partial charge in [-0.05, 0) is 48.9 Å². The molecule has 5 rings (SSSR count). The third-order valence-electron chi connectivity index (χ3n) is 6.34. The van der Waals surface area contributed by atoms with Crippen molar-refractivity contribution in [3.05, 3.63) is 99.4 Å². The summed E-state index contributed by atoms with van der Waals surface area (Å²) < 4.78 is 18.3. The molecule has 1 atom stereocenters. The van der Waals surface area contributed by atoms with E-state index in [4.69, 9.17) is 37.4 Å². The molecule has 1 amide bonds. The van der Waals surface area contributed by atoms with Gasteiger partial charge in [0.2, 0.25) is 5.95 Å². The van der Waals surface area contributed by atoms with Gasteiger partial charge >= 0.3 is 0 Å². The summed E-state index contributed by atoms with van der Waals surface area (Å²) in [4.78, 5) is 18.0. The lowest BCUT2D eigenvalue weighted by molar-refractivity contribution is -0.113. The van der Waals surface area contributed by atoms with Crippen molar-refractivity contribution in [3.8, 4) is 17.2 Å². The number of halogens is 2. The van der Waals surface area contributed by atoms with Gasteiger partial charge in [-0.1, -0.05) is 41.4 Å². The predicted molar refractivity (Wildman–Crippen MR) is 150 cm³/mol. The number of nitrogens with one attached hydrogen (secondary N) is 2. The summed E-state index contributed by atoms with van der Waals surface area (Å²) in [6.45, 7) is 2.05. The molecular formula is C28H25Cl2N5O4. The zero-order valence-corrected chi connectivity index (χ0v) is 22.9. The summed E-state index contributed by atoms with van der Waals surface area (Å²) in [5.74, 6) is 1.93. The molecular weight excluding hydrogens is 541 g/mol. The van der Waals surface area contributed by atoms with Crippen LogP contribution in [-0.4, -0.2) is 34.9 Å². The van der Waals surface area contributed by atoms with E-state index in [0.717, 1.165) is 5.56 Å². The summed E-state index contributed by atoms with van der Waals surface area (Å²) in [5.41, 5.74) is 3.16. The summed E-state index contributed by atoms with van der Waals surface area (Å²) >= 11 is 12.5. The van der Waals surface area contributed by atoms with Crippen LogP contribution < -0.4 is 24.8 Å². The number of hydrogen-bond donors (Lipinski definition) is 2. The number of nitrogens with zero attached hydrogens (tertiary/aromatic N) is 3. The summed E-state index contributed by atoms with van der Waals surface area (Å²) in [6, 6.07) is 17.4. The van der Waals surface area contributed by atoms with E-state index in [9.17, 15) is 4.79 Å². The number of rotatable bonds is 8. The number of carbonyl (C=O) groups is 1. The number of allylic oxidation sites excluding steroid dienone is 1. The molecule has 0 unspecified atom stereocenters. The minimum atomic E-state index is -0.542. The van der Waals surface area contributed by atoms with Gasteiger partial charge in [0, 0.05) is 27.4 Å². The second-order valence-corrected chi connectivity index (χ2v) is 9.49. The van der Waals surface area contributed by atoms with E-state index in [2.05, 4.69) is 20.7 Å². The molecule has 0 fully saturated rings. The Labute approximate surface area is 235 Å². The molecule has 0 radical (unpaired) electrons. The topological polar surface area (TPSA) is 99.5 Å². The van der Waals surface area contributed by atoms with Crippen LogP contribution in [0.3, 0.4) is 0 Å². The summed E-state index contributed by atoms with van der Waals surface area (Å²) in [5, 5.41) is 11.6. The van der Waals surface area contributed by atoms with Crippen molar-refractivity contribution >= 4 is 40.7 Å². The third kappa shape index (κ3) is 5.36. The van der Waals surface area contributed by atoms with E-state index in [1.54, 1.807) is 48.2 Å². The largest absolute Gasteiger partial charge is 0.497 e. The molecule has 0 spiro atoms. The molecule has 4 aromatic rings. The molecule has 39 heavy (non-hydrogen) atoms. The standard InChI is InChI=1S/C28H25Cl2N5O4/c1-16-25(27(36)34-23-12-11-19(37-2)13-24(23)38-3)26(35-28(33-16)31-15-32-35)17-7-9-18(10-8-17)39-14-20-21(29)5-4-6-22(20)30/h4-13,15,26H,14H2,1-3H3,(H,34,36)(H,31,32,33)/t26-/m0/s1. The second kappa shape index (κ2) is 11.3. The number of anilines is 2. The lowest BCUT2D eigenvalue weighted by Crippen LogP contribution is -2.31. The van der Waals surface area contributed by atoms with Gasteiger partial charge in [0.25, 0.3) is 5.91 Å². The Hall–Kier alpha value is -4.21. The van der Waals surface area contributed by atoms with Crippen LogP contribution in [-0.2, 0) is 11.4 Å². The van der Waals surface area contributed by atoms with Gasteiger partial charge in [0.1, 0.15) is 36.2 Å². The number of ether oxygens (including phenoxy) is 3. The molecule has 200 valence electrons. The third-order valence-corrected chi connectivity index (χ3v) is 7.04. The maximum Gasteiger partial charge on any atom is 0.255 e. The van der Waals surface area contributed by atoms with E-state index in [1.807, 2.05) is 31.2 Å². The van der Waals surface area contributed by atoms with Crippen LogP contribution in [0.1, 0.15) is 24.1 Å². The minimum absolute atomic E-state index is 0.217. The number of aromatic nitrogens is 3. The van der Waals surface area contributed by atoms with E-state index in [1.165, 1.54) is 13.4 Å². The molecule has 9 nitrogen and oxygen atoms in total. The van der Waals surface area contributed by atoms with Crippen LogP contribution in [0.2, 0.25) is 10.0 Å². The van der Waals surface area contributed by atoms with Crippen molar-refractivity contribution in [1.82, 2.24) is 14.8 Å². The Morgan fingerprint density at radius 3 is 2.44 bits per heavy atom. The second-order valence-electron chi connectivity index (χ2n) is 8.67. The highest BCUT2D eigenvalue weighted by atomic mass is 35.5. The number of hydrogen-bond acceptors (Lipinski definition) is 7. The van der Waals surface area contributed by atoms with Crippen LogP contribution in [0, 0.1) is 0 Å². The van der Waals surface area contributed by atoms with Crippen molar-refractivity contribution < 1.29 is 19.0 Å². The van der Waals surface area contributed by atoms with Gasteiger partial charge in [-0.15, -0.1) is 0 Å². The number of fused-ring (bicyclic) bond motifs is 1. The summed E-state index contributed by atoms with van der Waals surface area (Å²) in [6.07, 6.45) is 1.45. The first-order valence-electron chi connectivity index (χ1n) is 12.0. The summed E-state index contributed by atoms with van der Waals surface area (Å²) in [7, 11) is 3.10. The van der Waals surface area contributed by atoms with E-state index in [0.29, 0.717) is 55.8 Å². The predicted octanol–water partition coefficient (Wildman–Crippen LogP) is 6.11. The van der Waals surface area contributed by atoms with Gasteiger partial charge in [-0.2, -0.15) is 10.1 Å². The van der Waals surface area contributed by atoms with Crippen molar-refractivity contribution in [2.24, 2.45) is 0 Å². The normalized spacial score (nSPS) is 14.3. The minimum Gasteiger partial charge on any atom is -0.497 e. The quantitative estimate of drug-likeness (QED) is 0.266. The van der Waals surface area contributed by atoms with Crippen LogP contribution in [0.25, 0.3) is 0 Å². The van der Waals surface area contributed by atoms with Crippen LogP contribution >= 0.6 is 23.2 Å². The molecule has 0 aliphatic carbocycles. The SMILES string of the molecule is COc1ccc(NC(=O)C2=C(C)Nc3ncnn3[C@H]2c2ccc(OCc3c(Cl)cccc3Cl)cc2)c(OC)c1. The van der Waals surface area contributed by atoms with Gasteiger partial charge in [-0.25, -0.2) is 4.68 Å². The zero-order valence-electron chi connectivity index (χ0n) is 21.4. The van der Waals surface area contributed by atoms with Crippen LogP contribution in [0.5, 0.6) is 17.2 Å². The zero-order chi connectivity index (χ0) is 27.5. The fraction of sp³-hybridized carbons (Fsp3) is 0.179. The molecule has 0 bridgehead atoms. The molecule has 3 aromatic carbocycles. The Morgan fingerprint density at radius 2 is 1.74 bits per heavy atom. The smallest absolute Gasteiger partial charge is 0.255 e. The van der Waals surface area contributed by atoms with Crippen molar-refractivity contribution in [2.75, 3.05) is 24.9 Å². The first-order valence-corrected chi connectivity index (χ1v) is 12.7. The number of amides is 1. The molecule has 1 aliphatic heterocycles. The van der Waals surface area contributed by atoms with Crippen molar-refractivity contribution in [3.63, 3.8) is 0 Å². The Morgan fingerprint density at radius 1 is 1.03 bits per heavy atom. The number of benzene rings is 3. The van der Waals surface area contributed by atoms with Gasteiger partial charge in [0.15, 0.2) is 0 Å². The monoisotopic (exact) mass is 565 g/mol. The molecule has 1 aromatic heterocycles. The van der Waals surface area contributed by atoms with Crippen molar-refractivity contribution in [1.29, 1.82) is 0 Å². The lowest BCUT2D eigenvalue weighted by Gasteiger charge is -2.29. The van der Waals surface area contributed by atoms with E-state index >= 15 is 0 Å². The maximum absolute atomic E-state index is 13.7. The molecule has 11 heteroatoms. The Kier molecular flexibility index (Phi) is 7.63. The first-order chi connectivity index (χ1) is 18.9. The van der Waals surface area contributed by atoms with E-state index in [-0.39, 0.29) is 12.5 Å². The fourth-order valence-corrected chi connectivity index (χ4v) is 4.86. The molecule has 1 aliphatic rings. The number of methoxy groups -OCH3 is 2. The maximum atomic E-state index is 13.7. The van der Waals surface area contributed by atoms with Gasteiger partial charge in [-0.3, -0.25) is 4.79 Å². The van der Waals surface area contributed by atoms with Gasteiger partial charge < -0.3 is 24.8 Å². The van der Waals surface area contributed by atoms with E-state index < -0.39 is 6.04 Å². The molecule has 0 saturated carbocycles. The highest BCUT2D eigenvalue weighted by Gasteiger charge is 2.33. The van der Waals surface area contributed by atoms with Crippen molar-refractivity contribution in [2.45, 2.75) is 19.6 Å². The van der Waals surface area contributed by atoms with Gasteiger partial charge in [0.05, 0.1) is 25.5 Å². The Balaban J connectivity index is 1.42. The average molecular weight is 566 g/mol. The van der Waals surface area contributed by atoms with Crippen LogP contribution in [0.4, 0.5) is 11.6 Å². The first kappa shape index (κ1) is 26.4. The molecule has 0 saturated heterocycles. The molecule has 2 heterocycles. The fourth-order valence-electron chi connectivity index (χ4n) is 4.36. The Bertz CT molecular complexity index is 1530. The highest BCUT2D eigenvalue weighted by Crippen LogP contribution is 2.37.